The van der Waals surface area contributed by atoms with Gasteiger partial charge >= 0.3 is 5.97 Å². The molecule has 3 atom stereocenters. The van der Waals surface area contributed by atoms with Crippen LogP contribution in [0.5, 0.6) is 0 Å². The molecule has 0 saturated carbocycles. The molecule has 0 aliphatic carbocycles. The summed E-state index contributed by atoms with van der Waals surface area (Å²) in [6, 6.07) is 20.6. The lowest BCUT2D eigenvalue weighted by Crippen LogP contribution is -2.48. The molecule has 5 nitrogen and oxygen atoms in total. The van der Waals surface area contributed by atoms with Crippen molar-refractivity contribution < 1.29 is 14.4 Å². The van der Waals surface area contributed by atoms with Gasteiger partial charge < -0.3 is 10.1 Å². The van der Waals surface area contributed by atoms with Crippen molar-refractivity contribution in [1.82, 2.24) is 10.4 Å². The maximum atomic E-state index is 12.9. The summed E-state index contributed by atoms with van der Waals surface area (Å²) in [6.07, 6.45) is 0.556. The highest BCUT2D eigenvalue weighted by atomic mass is 16.7. The van der Waals surface area contributed by atoms with Gasteiger partial charge in [0.1, 0.15) is 11.1 Å². The Kier molecular flexibility index (Phi) is 6.73. The van der Waals surface area contributed by atoms with Crippen LogP contribution in [-0.2, 0) is 20.9 Å². The van der Waals surface area contributed by atoms with Crippen LogP contribution < -0.4 is 5.32 Å². The molecule has 29 heavy (non-hydrogen) atoms. The minimum atomic E-state index is -0.835. The summed E-state index contributed by atoms with van der Waals surface area (Å²) < 4.78 is 5.40. The van der Waals surface area contributed by atoms with E-state index in [1.165, 1.54) is 5.56 Å². The van der Waals surface area contributed by atoms with Gasteiger partial charge in [0.15, 0.2) is 0 Å². The van der Waals surface area contributed by atoms with Crippen LogP contribution in [0.15, 0.2) is 60.7 Å². The van der Waals surface area contributed by atoms with E-state index < -0.39 is 11.1 Å². The highest BCUT2D eigenvalue weighted by molar-refractivity contribution is 5.80. The Hall–Kier alpha value is -2.21. The third kappa shape index (κ3) is 5.04. The summed E-state index contributed by atoms with van der Waals surface area (Å²) in [5, 5.41) is 5.37. The number of nitrogens with zero attached hydrogens (tertiary/aromatic N) is 1. The average Bonchev–Trinajstić information content (AvgIpc) is 2.99. The van der Waals surface area contributed by atoms with Crippen LogP contribution in [-0.4, -0.2) is 35.3 Å². The van der Waals surface area contributed by atoms with Gasteiger partial charge in [0.2, 0.25) is 0 Å². The zero-order chi connectivity index (χ0) is 20.9. The van der Waals surface area contributed by atoms with E-state index in [2.05, 4.69) is 31.3 Å². The molecule has 0 spiro atoms. The van der Waals surface area contributed by atoms with Crippen molar-refractivity contribution in [2.24, 2.45) is 0 Å². The van der Waals surface area contributed by atoms with Crippen LogP contribution in [0, 0.1) is 0 Å². The maximum absolute atomic E-state index is 12.9. The Balaban J connectivity index is 1.74. The van der Waals surface area contributed by atoms with Gasteiger partial charge in [-0.2, -0.15) is 5.06 Å². The van der Waals surface area contributed by atoms with Gasteiger partial charge in [0.25, 0.3) is 0 Å². The van der Waals surface area contributed by atoms with E-state index in [1.54, 1.807) is 5.06 Å². The standard InChI is InChI=1S/C24H32N2O3/c1-5-28-22(27)24(4)17-23(3,18-25-19(2)21-14-10-7-11-15-21)29-26(24)16-20-12-8-6-9-13-20/h6-15,19,25H,5,16-18H2,1-4H3/t19-,23-,24+/m0/s1. The van der Waals surface area contributed by atoms with E-state index in [1.807, 2.05) is 62.4 Å². The Bertz CT molecular complexity index is 798. The van der Waals surface area contributed by atoms with Crippen molar-refractivity contribution in [1.29, 1.82) is 0 Å². The van der Waals surface area contributed by atoms with Crippen molar-refractivity contribution >= 4 is 5.97 Å². The first-order valence-corrected chi connectivity index (χ1v) is 10.3. The largest absolute Gasteiger partial charge is 0.465 e. The molecule has 1 heterocycles. The van der Waals surface area contributed by atoms with Gasteiger partial charge in [-0.05, 0) is 38.8 Å². The monoisotopic (exact) mass is 396 g/mol. The second kappa shape index (κ2) is 9.08. The fourth-order valence-corrected chi connectivity index (χ4v) is 3.96. The fourth-order valence-electron chi connectivity index (χ4n) is 3.96. The van der Waals surface area contributed by atoms with Gasteiger partial charge in [-0.3, -0.25) is 4.84 Å². The second-order valence-corrected chi connectivity index (χ2v) is 8.25. The number of benzene rings is 2. The molecule has 2 aromatic carbocycles. The topological polar surface area (TPSA) is 50.8 Å². The van der Waals surface area contributed by atoms with Crippen LogP contribution in [0.1, 0.15) is 51.3 Å². The summed E-state index contributed by atoms with van der Waals surface area (Å²) >= 11 is 0. The van der Waals surface area contributed by atoms with Crippen molar-refractivity contribution in [2.45, 2.75) is 57.8 Å². The van der Waals surface area contributed by atoms with Crippen LogP contribution >= 0.6 is 0 Å². The fraction of sp³-hybridized carbons (Fsp3) is 0.458. The number of hydroxylamine groups is 2. The highest BCUT2D eigenvalue weighted by Crippen LogP contribution is 2.40. The van der Waals surface area contributed by atoms with E-state index in [0.717, 1.165) is 5.56 Å². The number of ether oxygens (including phenoxy) is 1. The summed E-state index contributed by atoms with van der Waals surface area (Å²) in [7, 11) is 0. The summed E-state index contributed by atoms with van der Waals surface area (Å²) in [4.78, 5) is 19.2. The first-order valence-electron chi connectivity index (χ1n) is 10.3. The lowest BCUT2D eigenvalue weighted by atomic mass is 9.87. The highest BCUT2D eigenvalue weighted by Gasteiger charge is 2.55. The molecule has 2 aromatic rings. The van der Waals surface area contributed by atoms with E-state index in [-0.39, 0.29) is 12.0 Å². The van der Waals surface area contributed by atoms with Crippen LogP contribution in [0.4, 0.5) is 0 Å². The van der Waals surface area contributed by atoms with E-state index in [4.69, 9.17) is 9.57 Å². The molecule has 0 aromatic heterocycles. The van der Waals surface area contributed by atoms with Crippen LogP contribution in [0.3, 0.4) is 0 Å². The Morgan fingerprint density at radius 2 is 1.76 bits per heavy atom. The number of carbonyl (C=O) groups excluding carboxylic acids is 1. The predicted octanol–water partition coefficient (Wildman–Crippen LogP) is 4.26. The molecule has 5 heteroatoms. The van der Waals surface area contributed by atoms with Gasteiger partial charge in [-0.1, -0.05) is 60.7 Å². The molecular weight excluding hydrogens is 364 g/mol. The molecule has 1 saturated heterocycles. The lowest BCUT2D eigenvalue weighted by molar-refractivity contribution is -0.226. The van der Waals surface area contributed by atoms with Gasteiger partial charge in [-0.25, -0.2) is 4.79 Å². The normalized spacial score (nSPS) is 25.7. The third-order valence-corrected chi connectivity index (χ3v) is 5.57. The molecule has 1 aliphatic heterocycles. The van der Waals surface area contributed by atoms with Crippen molar-refractivity contribution in [3.63, 3.8) is 0 Å². The molecule has 1 aliphatic rings. The van der Waals surface area contributed by atoms with Gasteiger partial charge in [0, 0.05) is 19.0 Å². The van der Waals surface area contributed by atoms with E-state index in [0.29, 0.717) is 26.1 Å². The Morgan fingerprint density at radius 1 is 1.14 bits per heavy atom. The molecule has 156 valence electrons. The molecule has 0 unspecified atom stereocenters. The molecule has 0 radical (unpaired) electrons. The van der Waals surface area contributed by atoms with E-state index >= 15 is 0 Å². The van der Waals surface area contributed by atoms with Gasteiger partial charge in [0.05, 0.1) is 13.2 Å². The smallest absolute Gasteiger partial charge is 0.328 e. The number of hydrogen-bond acceptors (Lipinski definition) is 5. The Labute approximate surface area is 174 Å². The molecule has 0 bridgehead atoms. The Morgan fingerprint density at radius 3 is 2.38 bits per heavy atom. The second-order valence-electron chi connectivity index (χ2n) is 8.25. The number of nitrogens with one attached hydrogen (secondary N) is 1. The zero-order valence-corrected chi connectivity index (χ0v) is 17.9. The van der Waals surface area contributed by atoms with Crippen LogP contribution in [0.2, 0.25) is 0 Å². The number of esters is 1. The minimum absolute atomic E-state index is 0.189. The summed E-state index contributed by atoms with van der Waals surface area (Å²) in [6.45, 7) is 9.46. The number of rotatable bonds is 8. The molecule has 1 fully saturated rings. The van der Waals surface area contributed by atoms with Crippen LogP contribution in [0.25, 0.3) is 0 Å². The third-order valence-electron chi connectivity index (χ3n) is 5.57. The van der Waals surface area contributed by atoms with Crippen molar-refractivity contribution in [3.8, 4) is 0 Å². The van der Waals surface area contributed by atoms with Crippen molar-refractivity contribution in [3.05, 3.63) is 71.8 Å². The van der Waals surface area contributed by atoms with Crippen molar-refractivity contribution in [2.75, 3.05) is 13.2 Å². The molecule has 3 rings (SSSR count). The summed E-state index contributed by atoms with van der Waals surface area (Å²) in [5.41, 5.74) is 0.971. The quantitative estimate of drug-likeness (QED) is 0.676. The first kappa shape index (κ1) is 21.5. The van der Waals surface area contributed by atoms with Gasteiger partial charge in [-0.15, -0.1) is 0 Å². The predicted molar refractivity (Wildman–Crippen MR) is 114 cm³/mol. The number of carbonyl (C=O) groups is 1. The lowest BCUT2D eigenvalue weighted by Gasteiger charge is -2.30. The minimum Gasteiger partial charge on any atom is -0.465 e. The summed E-state index contributed by atoms with van der Waals surface area (Å²) in [5.74, 6) is -0.240. The first-order chi connectivity index (χ1) is 13.9. The average molecular weight is 397 g/mol. The zero-order valence-electron chi connectivity index (χ0n) is 17.9. The molecule has 1 N–H and O–H groups in total. The number of hydrogen-bond donors (Lipinski definition) is 1. The molecular formula is C24H32N2O3. The molecule has 0 amide bonds. The SMILES string of the molecule is CCOC(=O)[C@@]1(C)C[C@@](C)(CN[C@@H](C)c2ccccc2)ON1Cc1ccccc1. The van der Waals surface area contributed by atoms with E-state index in [9.17, 15) is 4.79 Å². The maximum Gasteiger partial charge on any atom is 0.328 e.